The zero-order chi connectivity index (χ0) is 29.9. The molecule has 8 heteroatoms. The van der Waals surface area contributed by atoms with Gasteiger partial charge in [0.25, 0.3) is 0 Å². The highest BCUT2D eigenvalue weighted by atomic mass is 32.1. The summed E-state index contributed by atoms with van der Waals surface area (Å²) < 4.78 is 6.51. The molecule has 1 amide bonds. The van der Waals surface area contributed by atoms with E-state index in [0.29, 0.717) is 16.5 Å². The lowest BCUT2D eigenvalue weighted by molar-refractivity contribution is -0.124. The van der Waals surface area contributed by atoms with E-state index >= 15 is 0 Å². The Balaban J connectivity index is 1.36. The number of rotatable bonds is 8. The average molecular weight is 592 g/mol. The first kappa shape index (κ1) is 30.6. The van der Waals surface area contributed by atoms with E-state index in [0.717, 1.165) is 76.8 Å². The first-order valence-electron chi connectivity index (χ1n) is 15.6. The van der Waals surface area contributed by atoms with Gasteiger partial charge in [-0.25, -0.2) is 4.79 Å². The van der Waals surface area contributed by atoms with E-state index in [4.69, 9.17) is 4.74 Å². The number of likely N-dealkylation sites (tertiary alicyclic amines) is 1. The maximum absolute atomic E-state index is 14.2. The van der Waals surface area contributed by atoms with Gasteiger partial charge in [-0.15, -0.1) is 11.3 Å². The van der Waals surface area contributed by atoms with Crippen molar-refractivity contribution in [3.63, 3.8) is 0 Å². The molecular formula is C34H45N3O4S. The summed E-state index contributed by atoms with van der Waals surface area (Å²) in [6.45, 7) is 11.5. The number of nitrogens with zero attached hydrogens (tertiary/aromatic N) is 3. The van der Waals surface area contributed by atoms with Crippen LogP contribution in [0.15, 0.2) is 24.5 Å². The normalized spacial score (nSPS) is 24.7. The number of ether oxygens (including phenoxy) is 1. The fraction of sp³-hybridized carbons (Fsp3) is 0.618. The lowest BCUT2D eigenvalue weighted by Gasteiger charge is -2.39. The van der Waals surface area contributed by atoms with Crippen LogP contribution in [0.4, 0.5) is 5.69 Å². The average Bonchev–Trinajstić information content (AvgIpc) is 3.36. The minimum Gasteiger partial charge on any atom is -0.488 e. The molecule has 2 aliphatic carbocycles. The van der Waals surface area contributed by atoms with Crippen molar-refractivity contribution >= 4 is 28.9 Å². The predicted molar refractivity (Wildman–Crippen MR) is 167 cm³/mol. The van der Waals surface area contributed by atoms with E-state index in [9.17, 15) is 14.7 Å². The lowest BCUT2D eigenvalue weighted by Crippen LogP contribution is -2.47. The lowest BCUT2D eigenvalue weighted by atomic mass is 9.81. The van der Waals surface area contributed by atoms with Gasteiger partial charge in [0.15, 0.2) is 0 Å². The molecule has 0 spiro atoms. The van der Waals surface area contributed by atoms with Crippen molar-refractivity contribution in [2.75, 3.05) is 18.0 Å². The first-order chi connectivity index (χ1) is 20.1. The van der Waals surface area contributed by atoms with Gasteiger partial charge in [0.05, 0.1) is 22.9 Å². The topological polar surface area (TPSA) is 83.0 Å². The molecule has 1 N–H and O–H groups in total. The van der Waals surface area contributed by atoms with Gasteiger partial charge < -0.3 is 14.7 Å². The van der Waals surface area contributed by atoms with Crippen LogP contribution in [0, 0.1) is 29.1 Å². The summed E-state index contributed by atoms with van der Waals surface area (Å²) >= 11 is 1.18. The molecule has 3 fully saturated rings. The van der Waals surface area contributed by atoms with Gasteiger partial charge >= 0.3 is 5.97 Å². The van der Waals surface area contributed by atoms with Gasteiger partial charge in [-0.1, -0.05) is 18.8 Å². The molecule has 1 saturated heterocycles. The molecule has 3 aliphatic rings. The Bertz CT molecular complexity index is 1320. The van der Waals surface area contributed by atoms with Gasteiger partial charge in [-0.3, -0.25) is 14.7 Å². The number of thiophene rings is 1. The van der Waals surface area contributed by atoms with Crippen LogP contribution in [0.3, 0.4) is 0 Å². The summed E-state index contributed by atoms with van der Waals surface area (Å²) in [5.41, 5.74) is 1.48. The second-order valence-corrected chi connectivity index (χ2v) is 14.5. The number of carbonyl (C=O) groups excluding carboxylic acids is 1. The molecule has 0 aromatic carbocycles. The number of carbonyl (C=O) groups is 2. The fourth-order valence-corrected chi connectivity index (χ4v) is 7.09. The van der Waals surface area contributed by atoms with Crippen molar-refractivity contribution in [1.29, 1.82) is 0 Å². The number of amides is 1. The largest absolute Gasteiger partial charge is 0.488 e. The van der Waals surface area contributed by atoms with Crippen LogP contribution in [0.1, 0.15) is 106 Å². The minimum atomic E-state index is -1.00. The zero-order valence-corrected chi connectivity index (χ0v) is 26.3. The van der Waals surface area contributed by atoms with Crippen LogP contribution in [0.25, 0.3) is 0 Å². The van der Waals surface area contributed by atoms with Crippen LogP contribution in [0.5, 0.6) is 5.75 Å². The Labute approximate surface area is 254 Å². The smallest absolute Gasteiger partial charge is 0.348 e. The van der Waals surface area contributed by atoms with Crippen molar-refractivity contribution in [1.82, 2.24) is 9.88 Å². The Kier molecular flexibility index (Phi) is 9.59. The Morgan fingerprint density at radius 3 is 2.45 bits per heavy atom. The molecule has 226 valence electrons. The molecule has 42 heavy (non-hydrogen) atoms. The number of pyridine rings is 1. The van der Waals surface area contributed by atoms with E-state index < -0.39 is 5.97 Å². The van der Waals surface area contributed by atoms with Crippen molar-refractivity contribution < 1.29 is 19.4 Å². The molecule has 0 bridgehead atoms. The van der Waals surface area contributed by atoms with Crippen molar-refractivity contribution in [2.45, 2.75) is 104 Å². The molecule has 0 atom stereocenters. The molecule has 5 rings (SSSR count). The Morgan fingerprint density at radius 2 is 1.83 bits per heavy atom. The van der Waals surface area contributed by atoms with E-state index in [-0.39, 0.29) is 34.3 Å². The second kappa shape index (κ2) is 13.2. The summed E-state index contributed by atoms with van der Waals surface area (Å²) in [4.78, 5) is 36.2. The maximum Gasteiger partial charge on any atom is 0.348 e. The highest BCUT2D eigenvalue weighted by Crippen LogP contribution is 2.39. The van der Waals surface area contributed by atoms with Gasteiger partial charge in [-0.2, -0.15) is 0 Å². The summed E-state index contributed by atoms with van der Waals surface area (Å²) in [6.07, 6.45) is 11.9. The molecule has 3 heterocycles. The summed E-state index contributed by atoms with van der Waals surface area (Å²) in [6, 6.07) is 3.83. The molecule has 1 aliphatic heterocycles. The highest BCUT2D eigenvalue weighted by Gasteiger charge is 2.38. The van der Waals surface area contributed by atoms with Crippen LogP contribution < -0.4 is 9.64 Å². The number of aromatic nitrogens is 1. The minimum absolute atomic E-state index is 0.0442. The fourth-order valence-electron chi connectivity index (χ4n) is 6.25. The van der Waals surface area contributed by atoms with Gasteiger partial charge in [0.2, 0.25) is 5.91 Å². The predicted octanol–water partition coefficient (Wildman–Crippen LogP) is 6.99. The third-order valence-electron chi connectivity index (χ3n) is 8.84. The number of anilines is 1. The standard InChI is InChI=1S/C34H45N3O4S/c1-23-6-8-24(9-7-23)32(38)37(29-20-28(14-16-34(2,3)4)42-31(29)33(39)40)26-10-12-27(13-11-26)41-30-21-35-17-15-25(30)22-36-18-5-19-36/h15,17,20-21,23-24,26-27H,5-13,18-19,22H2,1-4H3,(H,39,40). The monoisotopic (exact) mass is 591 g/mol. The van der Waals surface area contributed by atoms with E-state index in [2.05, 4.69) is 34.7 Å². The third kappa shape index (κ3) is 7.54. The van der Waals surface area contributed by atoms with Gasteiger partial charge in [0, 0.05) is 35.7 Å². The molecule has 2 aromatic heterocycles. The number of carboxylic acids is 1. The van der Waals surface area contributed by atoms with Gasteiger partial charge in [0.1, 0.15) is 10.6 Å². The Hall–Kier alpha value is -2.89. The van der Waals surface area contributed by atoms with E-state index in [1.165, 1.54) is 23.3 Å². The van der Waals surface area contributed by atoms with Crippen LogP contribution in [-0.2, 0) is 11.3 Å². The van der Waals surface area contributed by atoms with Crippen molar-refractivity contribution in [3.8, 4) is 17.6 Å². The van der Waals surface area contributed by atoms with Crippen LogP contribution >= 0.6 is 11.3 Å². The maximum atomic E-state index is 14.2. The van der Waals surface area contributed by atoms with Crippen molar-refractivity contribution in [2.24, 2.45) is 17.3 Å². The number of hydrogen-bond donors (Lipinski definition) is 1. The SMILES string of the molecule is CC1CCC(C(=O)N(c2cc(C#CC(C)(C)C)sc2C(=O)O)C2CCC(Oc3cnccc3CN3CCC3)CC2)CC1. The summed E-state index contributed by atoms with van der Waals surface area (Å²) in [5.74, 6) is 6.89. The number of aromatic carboxylic acids is 1. The van der Waals surface area contributed by atoms with Crippen LogP contribution in [0.2, 0.25) is 0 Å². The van der Waals surface area contributed by atoms with Crippen LogP contribution in [-0.4, -0.2) is 52.1 Å². The first-order valence-corrected chi connectivity index (χ1v) is 16.4. The van der Waals surface area contributed by atoms with E-state index in [1.807, 2.05) is 44.1 Å². The number of carboxylic acid groups (broad SMARTS) is 1. The summed E-state index contributed by atoms with van der Waals surface area (Å²) in [7, 11) is 0. The molecule has 2 saturated carbocycles. The second-order valence-electron chi connectivity index (χ2n) is 13.5. The zero-order valence-electron chi connectivity index (χ0n) is 25.5. The highest BCUT2D eigenvalue weighted by molar-refractivity contribution is 7.15. The summed E-state index contributed by atoms with van der Waals surface area (Å²) in [5, 5.41) is 10.2. The molecule has 0 radical (unpaired) electrons. The van der Waals surface area contributed by atoms with E-state index in [1.54, 1.807) is 0 Å². The molecule has 0 unspecified atom stereocenters. The Morgan fingerprint density at radius 1 is 1.12 bits per heavy atom. The third-order valence-corrected chi connectivity index (χ3v) is 9.87. The van der Waals surface area contributed by atoms with Crippen molar-refractivity contribution in [3.05, 3.63) is 39.8 Å². The molecule has 2 aromatic rings. The molecular weight excluding hydrogens is 546 g/mol. The molecule has 7 nitrogen and oxygen atoms in total. The number of hydrogen-bond acceptors (Lipinski definition) is 6. The quantitative estimate of drug-likeness (QED) is 0.333. The van der Waals surface area contributed by atoms with Gasteiger partial charge in [-0.05, 0) is 110 Å².